The molecule has 21 heavy (non-hydrogen) atoms. The summed E-state index contributed by atoms with van der Waals surface area (Å²) in [5.41, 5.74) is -0.625. The molecule has 0 atom stereocenters. The number of morpholine rings is 1. The molecule has 1 saturated heterocycles. The second kappa shape index (κ2) is 7.63. The number of carbonyl (C=O) groups is 1. The van der Waals surface area contributed by atoms with Gasteiger partial charge in [0.25, 0.3) is 0 Å². The molecule has 0 bridgehead atoms. The fraction of sp³-hybridized carbons (Fsp3) is 0.462. The highest BCUT2D eigenvalue weighted by Gasteiger charge is 2.30. The van der Waals surface area contributed by atoms with Crippen LogP contribution in [0.4, 0.5) is 18.9 Å². The smallest absolute Gasteiger partial charge is 0.379 e. The number of anilines is 1. The van der Waals surface area contributed by atoms with Gasteiger partial charge >= 0.3 is 6.18 Å². The van der Waals surface area contributed by atoms with Gasteiger partial charge in [-0.1, -0.05) is 6.07 Å². The molecule has 1 aromatic rings. The van der Waals surface area contributed by atoms with Crippen LogP contribution in [0.5, 0.6) is 0 Å². The van der Waals surface area contributed by atoms with Crippen LogP contribution in [0.3, 0.4) is 0 Å². The number of benzene rings is 1. The molecule has 1 N–H and O–H groups in total. The molecule has 1 amide bonds. The minimum absolute atomic E-state index is 0. The molecule has 0 saturated carbocycles. The third-order valence-electron chi connectivity index (χ3n) is 2.94. The van der Waals surface area contributed by atoms with Crippen LogP contribution in [0.25, 0.3) is 0 Å². The standard InChI is InChI=1S/C13H15F3N2O2.ClH/c14-13(15,16)10-2-1-3-11(8-10)17-12(19)9-18-4-6-20-7-5-18;/h1-3,8H,4-7,9H2,(H,17,19);1H. The summed E-state index contributed by atoms with van der Waals surface area (Å²) in [6.07, 6.45) is -4.41. The van der Waals surface area contributed by atoms with Gasteiger partial charge in [0.1, 0.15) is 0 Å². The van der Waals surface area contributed by atoms with E-state index >= 15 is 0 Å². The van der Waals surface area contributed by atoms with Gasteiger partial charge in [0.2, 0.25) is 5.91 Å². The summed E-state index contributed by atoms with van der Waals surface area (Å²) in [5.74, 6) is -0.328. The maximum atomic E-state index is 12.5. The Labute approximate surface area is 126 Å². The molecule has 118 valence electrons. The zero-order chi connectivity index (χ0) is 14.6. The lowest BCUT2D eigenvalue weighted by atomic mass is 10.2. The van der Waals surface area contributed by atoms with Crippen LogP contribution in [0.2, 0.25) is 0 Å². The molecule has 0 aromatic heterocycles. The third-order valence-corrected chi connectivity index (χ3v) is 2.94. The zero-order valence-corrected chi connectivity index (χ0v) is 12.0. The summed E-state index contributed by atoms with van der Waals surface area (Å²) < 4.78 is 42.8. The van der Waals surface area contributed by atoms with Crippen molar-refractivity contribution in [1.82, 2.24) is 4.90 Å². The summed E-state index contributed by atoms with van der Waals surface area (Å²) >= 11 is 0. The van der Waals surface area contributed by atoms with Crippen molar-refractivity contribution in [2.75, 3.05) is 38.2 Å². The van der Waals surface area contributed by atoms with Crippen LogP contribution in [0, 0.1) is 0 Å². The Morgan fingerprint density at radius 3 is 2.57 bits per heavy atom. The van der Waals surface area contributed by atoms with E-state index in [1.807, 2.05) is 4.90 Å². The van der Waals surface area contributed by atoms with Gasteiger partial charge in [-0.05, 0) is 18.2 Å². The van der Waals surface area contributed by atoms with Gasteiger partial charge in [-0.15, -0.1) is 12.4 Å². The number of nitrogens with one attached hydrogen (secondary N) is 1. The van der Waals surface area contributed by atoms with E-state index in [0.717, 1.165) is 12.1 Å². The lowest BCUT2D eigenvalue weighted by Crippen LogP contribution is -2.41. The molecular formula is C13H16ClF3N2O2. The number of nitrogens with zero attached hydrogens (tertiary/aromatic N) is 1. The summed E-state index contributed by atoms with van der Waals surface area (Å²) in [4.78, 5) is 13.7. The average Bonchev–Trinajstić information content (AvgIpc) is 2.39. The second-order valence-corrected chi connectivity index (χ2v) is 4.52. The number of alkyl halides is 3. The number of hydrogen-bond acceptors (Lipinski definition) is 3. The Hall–Kier alpha value is -1.31. The van der Waals surface area contributed by atoms with Crippen molar-refractivity contribution in [2.24, 2.45) is 0 Å². The predicted molar refractivity (Wildman–Crippen MR) is 74.6 cm³/mol. The Morgan fingerprint density at radius 1 is 1.29 bits per heavy atom. The molecule has 8 heteroatoms. The van der Waals surface area contributed by atoms with Crippen molar-refractivity contribution in [3.05, 3.63) is 29.8 Å². The van der Waals surface area contributed by atoms with E-state index in [2.05, 4.69) is 5.32 Å². The van der Waals surface area contributed by atoms with E-state index in [1.54, 1.807) is 0 Å². The summed E-state index contributed by atoms with van der Waals surface area (Å²) in [6, 6.07) is 4.61. The van der Waals surface area contributed by atoms with Crippen LogP contribution >= 0.6 is 12.4 Å². The van der Waals surface area contributed by atoms with Crippen molar-refractivity contribution < 1.29 is 22.7 Å². The summed E-state index contributed by atoms with van der Waals surface area (Å²) in [6.45, 7) is 2.58. The highest BCUT2D eigenvalue weighted by Crippen LogP contribution is 2.30. The number of hydrogen-bond donors (Lipinski definition) is 1. The maximum absolute atomic E-state index is 12.5. The molecule has 0 unspecified atom stereocenters. The first kappa shape index (κ1) is 17.7. The number of carbonyl (C=O) groups excluding carboxylic acids is 1. The highest BCUT2D eigenvalue weighted by atomic mass is 35.5. The van der Waals surface area contributed by atoms with Crippen LogP contribution in [-0.2, 0) is 15.7 Å². The van der Waals surface area contributed by atoms with Gasteiger partial charge in [0.05, 0.1) is 25.3 Å². The first-order valence-electron chi connectivity index (χ1n) is 6.22. The Morgan fingerprint density at radius 2 is 1.95 bits per heavy atom. The van der Waals surface area contributed by atoms with Gasteiger partial charge < -0.3 is 10.1 Å². The maximum Gasteiger partial charge on any atom is 0.416 e. The first-order chi connectivity index (χ1) is 9.45. The Balaban J connectivity index is 0.00000220. The number of ether oxygens (including phenoxy) is 1. The SMILES string of the molecule is Cl.O=C(CN1CCOCC1)Nc1cccc(C(F)(F)F)c1. The lowest BCUT2D eigenvalue weighted by Gasteiger charge is -2.25. The van der Waals surface area contributed by atoms with E-state index in [9.17, 15) is 18.0 Å². The molecular weight excluding hydrogens is 309 g/mol. The van der Waals surface area contributed by atoms with Crippen LogP contribution < -0.4 is 5.32 Å². The van der Waals surface area contributed by atoms with E-state index in [1.165, 1.54) is 12.1 Å². The van der Waals surface area contributed by atoms with Gasteiger partial charge in [0, 0.05) is 18.8 Å². The topological polar surface area (TPSA) is 41.6 Å². The predicted octanol–water partition coefficient (Wildman–Crippen LogP) is 2.40. The Kier molecular flexibility index (Phi) is 6.44. The molecule has 4 nitrogen and oxygen atoms in total. The summed E-state index contributed by atoms with van der Waals surface area (Å²) in [5, 5.41) is 2.48. The average molecular weight is 325 g/mol. The fourth-order valence-electron chi connectivity index (χ4n) is 1.94. The van der Waals surface area contributed by atoms with Gasteiger partial charge in [-0.3, -0.25) is 9.69 Å². The minimum Gasteiger partial charge on any atom is -0.379 e. The Bertz CT molecular complexity index is 477. The van der Waals surface area contributed by atoms with Gasteiger partial charge in [-0.25, -0.2) is 0 Å². The van der Waals surface area contributed by atoms with Crippen LogP contribution in [0.1, 0.15) is 5.56 Å². The molecule has 1 aliphatic heterocycles. The lowest BCUT2D eigenvalue weighted by molar-refractivity contribution is -0.137. The van der Waals surface area contributed by atoms with E-state index < -0.39 is 11.7 Å². The second-order valence-electron chi connectivity index (χ2n) is 4.52. The molecule has 2 rings (SSSR count). The molecule has 0 spiro atoms. The number of amides is 1. The van der Waals surface area contributed by atoms with E-state index in [-0.39, 0.29) is 30.5 Å². The van der Waals surface area contributed by atoms with E-state index in [0.29, 0.717) is 26.3 Å². The largest absolute Gasteiger partial charge is 0.416 e. The zero-order valence-electron chi connectivity index (χ0n) is 11.2. The monoisotopic (exact) mass is 324 g/mol. The fourth-order valence-corrected chi connectivity index (χ4v) is 1.94. The number of halogens is 4. The minimum atomic E-state index is -4.41. The quantitative estimate of drug-likeness (QED) is 0.928. The molecule has 1 heterocycles. The van der Waals surface area contributed by atoms with Crippen molar-refractivity contribution in [2.45, 2.75) is 6.18 Å². The van der Waals surface area contributed by atoms with Gasteiger partial charge in [0.15, 0.2) is 0 Å². The third kappa shape index (κ3) is 5.53. The molecule has 0 aliphatic carbocycles. The molecule has 1 aliphatic rings. The van der Waals surface area contributed by atoms with Crippen molar-refractivity contribution in [1.29, 1.82) is 0 Å². The van der Waals surface area contributed by atoms with Crippen LogP contribution in [0.15, 0.2) is 24.3 Å². The van der Waals surface area contributed by atoms with Crippen LogP contribution in [-0.4, -0.2) is 43.7 Å². The first-order valence-corrected chi connectivity index (χ1v) is 6.22. The molecule has 1 fully saturated rings. The normalized spacial score (nSPS) is 16.1. The molecule has 0 radical (unpaired) electrons. The summed E-state index contributed by atoms with van der Waals surface area (Å²) in [7, 11) is 0. The number of rotatable bonds is 3. The van der Waals surface area contributed by atoms with E-state index in [4.69, 9.17) is 4.74 Å². The molecule has 1 aromatic carbocycles. The highest BCUT2D eigenvalue weighted by molar-refractivity contribution is 5.92. The van der Waals surface area contributed by atoms with Gasteiger partial charge in [-0.2, -0.15) is 13.2 Å². The van der Waals surface area contributed by atoms with Crippen molar-refractivity contribution in [3.63, 3.8) is 0 Å². The van der Waals surface area contributed by atoms with Crippen molar-refractivity contribution >= 4 is 24.0 Å². The van der Waals surface area contributed by atoms with Crippen molar-refractivity contribution in [3.8, 4) is 0 Å².